The van der Waals surface area contributed by atoms with E-state index in [1.807, 2.05) is 0 Å². The van der Waals surface area contributed by atoms with Crippen molar-refractivity contribution >= 4 is 34.0 Å². The maximum atomic E-state index is 13.5. The number of benzene rings is 2. The second kappa shape index (κ2) is 5.63. The molecule has 2 aromatic carbocycles. The fourth-order valence-corrected chi connectivity index (χ4v) is 2.69. The lowest BCUT2D eigenvalue weighted by Crippen LogP contribution is -1.88. The molecule has 0 aromatic heterocycles. The molecule has 0 bridgehead atoms. The Bertz CT molecular complexity index is 602. The van der Waals surface area contributed by atoms with Crippen molar-refractivity contribution in [1.82, 2.24) is 0 Å². The number of hydrogen-bond acceptors (Lipinski definition) is 2. The van der Waals surface area contributed by atoms with Crippen molar-refractivity contribution in [2.45, 2.75) is 9.79 Å². The summed E-state index contributed by atoms with van der Waals surface area (Å²) in [6.07, 6.45) is 0.685. The van der Waals surface area contributed by atoms with Crippen LogP contribution < -0.4 is 0 Å². The summed E-state index contributed by atoms with van der Waals surface area (Å²) in [5.41, 5.74) is 0.429. The predicted octanol–water partition coefficient (Wildman–Crippen LogP) is 4.69. The maximum absolute atomic E-state index is 13.5. The van der Waals surface area contributed by atoms with Gasteiger partial charge >= 0.3 is 0 Å². The fraction of sp³-hybridized carbons (Fsp3) is 0. The van der Waals surface area contributed by atoms with E-state index in [0.29, 0.717) is 16.7 Å². The lowest BCUT2D eigenvalue weighted by atomic mass is 10.2. The summed E-state index contributed by atoms with van der Waals surface area (Å²) < 4.78 is 27.3. The monoisotopic (exact) mass is 328 g/mol. The van der Waals surface area contributed by atoms with Crippen LogP contribution in [0.2, 0.25) is 0 Å². The van der Waals surface area contributed by atoms with E-state index in [-0.39, 0.29) is 4.90 Å². The quantitative estimate of drug-likeness (QED) is 0.760. The van der Waals surface area contributed by atoms with Crippen LogP contribution in [0, 0.1) is 11.6 Å². The first kappa shape index (κ1) is 13.2. The first-order valence-electron chi connectivity index (χ1n) is 4.98. The summed E-state index contributed by atoms with van der Waals surface area (Å²) in [5.74, 6) is -1.02. The van der Waals surface area contributed by atoms with Crippen molar-refractivity contribution in [3.05, 3.63) is 58.1 Å². The molecular formula is C13H7BrF2OS. The molecule has 0 radical (unpaired) electrons. The topological polar surface area (TPSA) is 17.1 Å². The molecule has 0 heterocycles. The van der Waals surface area contributed by atoms with Gasteiger partial charge in [0.15, 0.2) is 6.29 Å². The highest BCUT2D eigenvalue weighted by molar-refractivity contribution is 9.10. The second-order valence-corrected chi connectivity index (χ2v) is 5.48. The standard InChI is InChI=1S/C13H7BrF2OS/c14-9-1-4-12(8(5-9)7-17)18-13-6-10(15)2-3-11(13)16/h1-7H. The van der Waals surface area contributed by atoms with Gasteiger partial charge in [-0.3, -0.25) is 4.79 Å². The highest BCUT2D eigenvalue weighted by Crippen LogP contribution is 2.33. The molecule has 0 atom stereocenters. The minimum absolute atomic E-state index is 0.153. The molecular weight excluding hydrogens is 322 g/mol. The molecule has 0 aliphatic carbocycles. The van der Waals surface area contributed by atoms with Gasteiger partial charge in [0.2, 0.25) is 0 Å². The minimum Gasteiger partial charge on any atom is -0.298 e. The van der Waals surface area contributed by atoms with Crippen LogP contribution >= 0.6 is 27.7 Å². The average Bonchev–Trinajstić information content (AvgIpc) is 2.36. The average molecular weight is 329 g/mol. The Morgan fingerprint density at radius 3 is 2.56 bits per heavy atom. The summed E-state index contributed by atoms with van der Waals surface area (Å²) in [5, 5.41) is 0. The highest BCUT2D eigenvalue weighted by Gasteiger charge is 2.09. The Labute approximate surface area is 115 Å². The molecule has 1 nitrogen and oxygen atoms in total. The Kier molecular flexibility index (Phi) is 4.14. The van der Waals surface area contributed by atoms with Crippen LogP contribution in [0.1, 0.15) is 10.4 Å². The summed E-state index contributed by atoms with van der Waals surface area (Å²) in [6.45, 7) is 0. The molecule has 0 aliphatic heterocycles. The summed E-state index contributed by atoms with van der Waals surface area (Å²) in [7, 11) is 0. The van der Waals surface area contributed by atoms with Gasteiger partial charge in [0.05, 0.1) is 4.90 Å². The molecule has 2 aromatic rings. The predicted molar refractivity (Wildman–Crippen MR) is 70.0 cm³/mol. The van der Waals surface area contributed by atoms with Crippen molar-refractivity contribution in [2.75, 3.05) is 0 Å². The summed E-state index contributed by atoms with van der Waals surface area (Å²) in [4.78, 5) is 11.7. The molecule has 0 aliphatic rings. The van der Waals surface area contributed by atoms with Crippen molar-refractivity contribution in [3.63, 3.8) is 0 Å². The zero-order valence-electron chi connectivity index (χ0n) is 8.99. The number of halogens is 3. The normalized spacial score (nSPS) is 10.4. The van der Waals surface area contributed by atoms with Crippen LogP contribution in [0.3, 0.4) is 0 Å². The van der Waals surface area contributed by atoms with E-state index >= 15 is 0 Å². The van der Waals surface area contributed by atoms with Crippen LogP contribution in [0.15, 0.2) is 50.7 Å². The molecule has 0 amide bonds. The van der Waals surface area contributed by atoms with Gasteiger partial charge in [-0.05, 0) is 36.4 Å². The Balaban J connectivity index is 2.39. The first-order valence-corrected chi connectivity index (χ1v) is 6.59. The van der Waals surface area contributed by atoms with E-state index in [1.165, 1.54) is 0 Å². The molecule has 18 heavy (non-hydrogen) atoms. The number of rotatable bonds is 3. The number of aldehydes is 1. The molecule has 2 rings (SSSR count). The minimum atomic E-state index is -0.513. The van der Waals surface area contributed by atoms with Gasteiger partial charge in [-0.15, -0.1) is 0 Å². The van der Waals surface area contributed by atoms with E-state index in [4.69, 9.17) is 0 Å². The van der Waals surface area contributed by atoms with Crippen LogP contribution in [0.5, 0.6) is 0 Å². The third-order valence-electron chi connectivity index (χ3n) is 2.21. The van der Waals surface area contributed by atoms with E-state index in [2.05, 4.69) is 15.9 Å². The zero-order valence-corrected chi connectivity index (χ0v) is 11.4. The molecule has 5 heteroatoms. The fourth-order valence-electron chi connectivity index (χ4n) is 1.38. The van der Waals surface area contributed by atoms with E-state index < -0.39 is 11.6 Å². The van der Waals surface area contributed by atoms with Crippen molar-refractivity contribution in [1.29, 1.82) is 0 Å². The third-order valence-corrected chi connectivity index (χ3v) is 3.83. The van der Waals surface area contributed by atoms with Gasteiger partial charge in [-0.1, -0.05) is 27.7 Å². The molecule has 92 valence electrons. The van der Waals surface area contributed by atoms with Crippen molar-refractivity contribution < 1.29 is 13.6 Å². The molecule has 0 saturated carbocycles. The van der Waals surface area contributed by atoms with Gasteiger partial charge in [0.1, 0.15) is 11.6 Å². The van der Waals surface area contributed by atoms with Crippen LogP contribution in [0.4, 0.5) is 8.78 Å². The Hall–Kier alpha value is -1.20. The summed E-state index contributed by atoms with van der Waals surface area (Å²) >= 11 is 4.27. The molecule has 0 N–H and O–H groups in total. The van der Waals surface area contributed by atoms with Gasteiger partial charge in [0.25, 0.3) is 0 Å². The first-order chi connectivity index (χ1) is 8.60. The number of carbonyl (C=O) groups excluding carboxylic acids is 1. The lowest BCUT2D eigenvalue weighted by molar-refractivity contribution is 0.112. The van der Waals surface area contributed by atoms with E-state index in [0.717, 1.165) is 34.4 Å². The SMILES string of the molecule is O=Cc1cc(Br)ccc1Sc1cc(F)ccc1F. The largest absolute Gasteiger partial charge is 0.298 e. The summed E-state index contributed by atoms with van der Waals surface area (Å²) in [6, 6.07) is 8.29. The second-order valence-electron chi connectivity index (χ2n) is 3.48. The maximum Gasteiger partial charge on any atom is 0.151 e. The number of hydrogen-bond donors (Lipinski definition) is 0. The van der Waals surface area contributed by atoms with Crippen molar-refractivity contribution in [2.24, 2.45) is 0 Å². The molecule has 0 spiro atoms. The molecule has 0 unspecified atom stereocenters. The third kappa shape index (κ3) is 2.97. The molecule has 0 saturated heterocycles. The van der Waals surface area contributed by atoms with Gasteiger partial charge < -0.3 is 0 Å². The Morgan fingerprint density at radius 2 is 1.83 bits per heavy atom. The van der Waals surface area contributed by atoms with Gasteiger partial charge in [-0.2, -0.15) is 0 Å². The highest BCUT2D eigenvalue weighted by atomic mass is 79.9. The van der Waals surface area contributed by atoms with Crippen LogP contribution in [0.25, 0.3) is 0 Å². The van der Waals surface area contributed by atoms with E-state index in [1.54, 1.807) is 18.2 Å². The number of carbonyl (C=O) groups is 1. The van der Waals surface area contributed by atoms with Crippen LogP contribution in [-0.2, 0) is 0 Å². The van der Waals surface area contributed by atoms with Crippen molar-refractivity contribution in [3.8, 4) is 0 Å². The van der Waals surface area contributed by atoms with E-state index in [9.17, 15) is 13.6 Å². The smallest absolute Gasteiger partial charge is 0.151 e. The van der Waals surface area contributed by atoms with Crippen LogP contribution in [-0.4, -0.2) is 6.29 Å². The van der Waals surface area contributed by atoms with Gasteiger partial charge in [0, 0.05) is 14.9 Å². The lowest BCUT2D eigenvalue weighted by Gasteiger charge is -2.06. The Morgan fingerprint density at radius 1 is 1.06 bits per heavy atom. The zero-order chi connectivity index (χ0) is 13.1. The molecule has 0 fully saturated rings. The van der Waals surface area contributed by atoms with Gasteiger partial charge in [-0.25, -0.2) is 8.78 Å².